The summed E-state index contributed by atoms with van der Waals surface area (Å²) in [6.45, 7) is 5.57. The number of aryl methyl sites for hydroxylation is 1. The smallest absolute Gasteiger partial charge is 0.159 e. The molecule has 0 saturated carbocycles. The van der Waals surface area contributed by atoms with Gasteiger partial charge in [0.2, 0.25) is 0 Å². The van der Waals surface area contributed by atoms with E-state index in [-0.39, 0.29) is 5.78 Å². The van der Waals surface area contributed by atoms with Crippen LogP contribution in [0.15, 0.2) is 24.5 Å². The summed E-state index contributed by atoms with van der Waals surface area (Å²) in [7, 11) is 1.92. The Bertz CT molecular complexity index is 471. The number of benzene rings is 1. The van der Waals surface area contributed by atoms with E-state index in [0.717, 1.165) is 16.6 Å². The molecule has 80 valence electrons. The fourth-order valence-corrected chi connectivity index (χ4v) is 1.35. The van der Waals surface area contributed by atoms with Crippen LogP contribution in [0.3, 0.4) is 0 Å². The van der Waals surface area contributed by atoms with Crippen LogP contribution in [-0.4, -0.2) is 15.3 Å². The van der Waals surface area contributed by atoms with E-state index >= 15 is 0 Å². The van der Waals surface area contributed by atoms with Gasteiger partial charge >= 0.3 is 0 Å². The summed E-state index contributed by atoms with van der Waals surface area (Å²) < 4.78 is 1.90. The Hall–Kier alpha value is -1.64. The Balaban J connectivity index is 0.000000531. The Morgan fingerprint density at radius 2 is 2.00 bits per heavy atom. The summed E-state index contributed by atoms with van der Waals surface area (Å²) in [4.78, 5) is 15.3. The highest BCUT2D eigenvalue weighted by atomic mass is 16.1. The average Bonchev–Trinajstić information content (AvgIpc) is 2.63. The number of aromatic nitrogens is 2. The highest BCUT2D eigenvalue weighted by molar-refractivity contribution is 5.97. The zero-order valence-corrected chi connectivity index (χ0v) is 9.61. The van der Waals surface area contributed by atoms with Gasteiger partial charge in [0.1, 0.15) is 0 Å². The number of hydrogen-bond donors (Lipinski definition) is 0. The van der Waals surface area contributed by atoms with Crippen LogP contribution in [0.1, 0.15) is 31.1 Å². The second-order valence-corrected chi connectivity index (χ2v) is 3.12. The maximum Gasteiger partial charge on any atom is 0.159 e. The number of fused-ring (bicyclic) bond motifs is 1. The third kappa shape index (κ3) is 2.24. The molecule has 15 heavy (non-hydrogen) atoms. The fraction of sp³-hybridized carbons (Fsp3) is 0.333. The molecule has 0 unspecified atom stereocenters. The third-order valence-corrected chi connectivity index (χ3v) is 2.13. The van der Waals surface area contributed by atoms with E-state index in [1.54, 1.807) is 19.3 Å². The third-order valence-electron chi connectivity index (χ3n) is 2.13. The molecule has 0 aliphatic rings. The lowest BCUT2D eigenvalue weighted by Crippen LogP contribution is -1.92. The molecule has 0 fully saturated rings. The van der Waals surface area contributed by atoms with Crippen LogP contribution < -0.4 is 0 Å². The summed E-state index contributed by atoms with van der Waals surface area (Å²) >= 11 is 0. The number of hydrogen-bond acceptors (Lipinski definition) is 2. The first kappa shape index (κ1) is 11.4. The molecule has 0 saturated heterocycles. The van der Waals surface area contributed by atoms with Crippen LogP contribution in [0.25, 0.3) is 11.0 Å². The van der Waals surface area contributed by atoms with E-state index in [9.17, 15) is 4.79 Å². The van der Waals surface area contributed by atoms with Crippen molar-refractivity contribution in [1.82, 2.24) is 9.55 Å². The second-order valence-electron chi connectivity index (χ2n) is 3.12. The summed E-state index contributed by atoms with van der Waals surface area (Å²) in [6, 6.07) is 5.54. The highest BCUT2D eigenvalue weighted by Crippen LogP contribution is 2.13. The molecular formula is C12H16N2O. The van der Waals surface area contributed by atoms with Gasteiger partial charge in [0.25, 0.3) is 0 Å². The molecule has 0 spiro atoms. The van der Waals surface area contributed by atoms with Gasteiger partial charge < -0.3 is 4.57 Å². The molecule has 2 aromatic rings. The predicted octanol–water partition coefficient (Wildman–Crippen LogP) is 2.80. The van der Waals surface area contributed by atoms with Crippen LogP contribution in [0.4, 0.5) is 0 Å². The Labute approximate surface area is 89.7 Å². The van der Waals surface area contributed by atoms with Gasteiger partial charge in [-0.15, -0.1) is 0 Å². The number of rotatable bonds is 1. The number of imidazole rings is 1. The number of carbonyl (C=O) groups is 1. The van der Waals surface area contributed by atoms with Crippen LogP contribution in [-0.2, 0) is 7.05 Å². The van der Waals surface area contributed by atoms with Crippen molar-refractivity contribution in [2.75, 3.05) is 0 Å². The molecule has 0 atom stereocenters. The number of nitrogens with zero attached hydrogens (tertiary/aromatic N) is 2. The number of ketones is 1. The molecule has 1 aromatic carbocycles. The van der Waals surface area contributed by atoms with E-state index in [1.165, 1.54) is 0 Å². The normalized spacial score (nSPS) is 9.60. The Kier molecular flexibility index (Phi) is 3.61. The molecule has 3 heteroatoms. The molecule has 0 amide bonds. The fourth-order valence-electron chi connectivity index (χ4n) is 1.35. The van der Waals surface area contributed by atoms with E-state index < -0.39 is 0 Å². The lowest BCUT2D eigenvalue weighted by molar-refractivity contribution is 0.101. The molecular weight excluding hydrogens is 188 g/mol. The van der Waals surface area contributed by atoms with Crippen molar-refractivity contribution in [2.45, 2.75) is 20.8 Å². The van der Waals surface area contributed by atoms with E-state index in [0.29, 0.717) is 0 Å². The molecule has 0 aliphatic heterocycles. The Morgan fingerprint density at radius 1 is 1.33 bits per heavy atom. The maximum atomic E-state index is 11.1. The van der Waals surface area contributed by atoms with Gasteiger partial charge in [-0.05, 0) is 25.1 Å². The molecule has 3 nitrogen and oxygen atoms in total. The zero-order chi connectivity index (χ0) is 11.4. The largest absolute Gasteiger partial charge is 0.334 e. The average molecular weight is 204 g/mol. The SMILES string of the molecule is CC.CC(=O)c1ccc2ncn(C)c2c1. The summed E-state index contributed by atoms with van der Waals surface area (Å²) in [6.07, 6.45) is 1.74. The first-order valence-electron chi connectivity index (χ1n) is 5.10. The maximum absolute atomic E-state index is 11.1. The van der Waals surface area contributed by atoms with E-state index in [1.807, 2.05) is 37.6 Å². The molecule has 2 rings (SSSR count). The van der Waals surface area contributed by atoms with Crippen LogP contribution in [0, 0.1) is 0 Å². The van der Waals surface area contributed by atoms with Crippen molar-refractivity contribution < 1.29 is 4.79 Å². The van der Waals surface area contributed by atoms with Gasteiger partial charge in [-0.2, -0.15) is 0 Å². The molecule has 1 heterocycles. The lowest BCUT2D eigenvalue weighted by atomic mass is 10.1. The predicted molar refractivity (Wildman–Crippen MR) is 62.1 cm³/mol. The molecule has 0 aliphatic carbocycles. The topological polar surface area (TPSA) is 34.9 Å². The monoisotopic (exact) mass is 204 g/mol. The van der Waals surface area contributed by atoms with Crippen LogP contribution >= 0.6 is 0 Å². The van der Waals surface area contributed by atoms with Crippen LogP contribution in [0.5, 0.6) is 0 Å². The molecule has 0 bridgehead atoms. The van der Waals surface area contributed by atoms with Gasteiger partial charge in [-0.3, -0.25) is 4.79 Å². The van der Waals surface area contributed by atoms with E-state index in [2.05, 4.69) is 4.98 Å². The standard InChI is InChI=1S/C10H10N2O.C2H6/c1-7(13)8-3-4-9-10(5-8)12(2)6-11-9;1-2/h3-6H,1-2H3;1-2H3. The highest BCUT2D eigenvalue weighted by Gasteiger charge is 2.03. The zero-order valence-electron chi connectivity index (χ0n) is 9.61. The lowest BCUT2D eigenvalue weighted by Gasteiger charge is -1.97. The Morgan fingerprint density at radius 3 is 2.60 bits per heavy atom. The van der Waals surface area contributed by atoms with Crippen molar-refractivity contribution >= 4 is 16.8 Å². The van der Waals surface area contributed by atoms with Gasteiger partial charge in [0.15, 0.2) is 5.78 Å². The van der Waals surface area contributed by atoms with Gasteiger partial charge in [0.05, 0.1) is 17.4 Å². The van der Waals surface area contributed by atoms with Crippen molar-refractivity contribution in [3.63, 3.8) is 0 Å². The minimum absolute atomic E-state index is 0.0862. The van der Waals surface area contributed by atoms with Crippen molar-refractivity contribution in [2.24, 2.45) is 7.05 Å². The molecule has 1 aromatic heterocycles. The quantitative estimate of drug-likeness (QED) is 0.669. The second kappa shape index (κ2) is 4.73. The summed E-state index contributed by atoms with van der Waals surface area (Å²) in [5.74, 6) is 0.0862. The molecule has 0 radical (unpaired) electrons. The summed E-state index contributed by atoms with van der Waals surface area (Å²) in [5.41, 5.74) is 2.65. The molecule has 0 N–H and O–H groups in total. The van der Waals surface area contributed by atoms with Crippen molar-refractivity contribution in [1.29, 1.82) is 0 Å². The van der Waals surface area contributed by atoms with Crippen molar-refractivity contribution in [3.05, 3.63) is 30.1 Å². The number of Topliss-reactive ketones (excluding diaryl/α,β-unsaturated/α-hetero) is 1. The minimum Gasteiger partial charge on any atom is -0.334 e. The van der Waals surface area contributed by atoms with Crippen molar-refractivity contribution in [3.8, 4) is 0 Å². The van der Waals surface area contributed by atoms with E-state index in [4.69, 9.17) is 0 Å². The summed E-state index contributed by atoms with van der Waals surface area (Å²) in [5, 5.41) is 0. The van der Waals surface area contributed by atoms with Crippen LogP contribution in [0.2, 0.25) is 0 Å². The first-order valence-corrected chi connectivity index (χ1v) is 5.10. The van der Waals surface area contributed by atoms with Gasteiger partial charge in [-0.25, -0.2) is 4.98 Å². The van der Waals surface area contributed by atoms with Gasteiger partial charge in [0, 0.05) is 12.6 Å². The number of carbonyl (C=O) groups excluding carboxylic acids is 1. The minimum atomic E-state index is 0.0862. The first-order chi connectivity index (χ1) is 7.18. The van der Waals surface area contributed by atoms with Gasteiger partial charge in [-0.1, -0.05) is 13.8 Å².